The number of allylic oxidation sites excluding steroid dienone is 1. The number of carbonyl (C=O) groups excluding carboxylic acids is 1. The van der Waals surface area contributed by atoms with E-state index < -0.39 is 0 Å². The van der Waals surface area contributed by atoms with Crippen LogP contribution in [0.3, 0.4) is 0 Å². The van der Waals surface area contributed by atoms with E-state index in [0.717, 1.165) is 12.0 Å². The maximum absolute atomic E-state index is 10.9. The molecule has 1 aromatic carbocycles. The molecule has 1 aliphatic heterocycles. The molecule has 1 heterocycles. The molecule has 0 spiro atoms. The van der Waals surface area contributed by atoms with E-state index in [9.17, 15) is 4.79 Å². The summed E-state index contributed by atoms with van der Waals surface area (Å²) < 4.78 is 11.3. The minimum atomic E-state index is -0.327. The van der Waals surface area contributed by atoms with Crippen LogP contribution in [0, 0.1) is 0 Å². The highest BCUT2D eigenvalue weighted by molar-refractivity contribution is 5.87. The molecule has 90 valence electrons. The van der Waals surface area contributed by atoms with Gasteiger partial charge in [0.1, 0.15) is 0 Å². The summed E-state index contributed by atoms with van der Waals surface area (Å²) >= 11 is 0. The average molecular weight is 232 g/mol. The molecular formula is C14H16O3. The van der Waals surface area contributed by atoms with Gasteiger partial charge in [0.2, 0.25) is 0 Å². The molecule has 0 N–H and O–H groups in total. The van der Waals surface area contributed by atoms with Crippen molar-refractivity contribution in [3.8, 4) is 0 Å². The van der Waals surface area contributed by atoms with Gasteiger partial charge in [0.25, 0.3) is 0 Å². The van der Waals surface area contributed by atoms with Gasteiger partial charge in [-0.2, -0.15) is 0 Å². The summed E-state index contributed by atoms with van der Waals surface area (Å²) in [5.74, 6) is 0.0383. The molecule has 0 radical (unpaired) electrons. The SMILES string of the molecule is CC(=O)/C=C/[C@H]1CCOC(c2ccccc2)O1. The molecule has 2 rings (SSSR count). The van der Waals surface area contributed by atoms with Crippen molar-refractivity contribution in [2.24, 2.45) is 0 Å². The molecule has 0 saturated carbocycles. The summed E-state index contributed by atoms with van der Waals surface area (Å²) in [6, 6.07) is 9.82. The van der Waals surface area contributed by atoms with Crippen molar-refractivity contribution in [1.29, 1.82) is 0 Å². The minimum absolute atomic E-state index is 0.0383. The summed E-state index contributed by atoms with van der Waals surface area (Å²) in [6.07, 6.45) is 3.77. The van der Waals surface area contributed by atoms with E-state index in [0.29, 0.717) is 6.61 Å². The maximum atomic E-state index is 10.9. The second-order valence-electron chi connectivity index (χ2n) is 4.05. The van der Waals surface area contributed by atoms with Gasteiger partial charge >= 0.3 is 0 Å². The number of ketones is 1. The summed E-state index contributed by atoms with van der Waals surface area (Å²) in [5.41, 5.74) is 1.01. The second kappa shape index (κ2) is 5.75. The standard InChI is InChI=1S/C14H16O3/c1-11(15)7-8-13-9-10-16-14(17-13)12-5-3-2-4-6-12/h2-8,13-14H,9-10H2,1H3/b8-7+/t13-,14?/m0/s1. The fourth-order valence-electron chi connectivity index (χ4n) is 1.73. The lowest BCUT2D eigenvalue weighted by atomic mass is 10.1. The predicted octanol–water partition coefficient (Wildman–Crippen LogP) is 2.64. The van der Waals surface area contributed by atoms with E-state index >= 15 is 0 Å². The largest absolute Gasteiger partial charge is 0.348 e. The molecular weight excluding hydrogens is 216 g/mol. The highest BCUT2D eigenvalue weighted by Crippen LogP contribution is 2.26. The number of hydrogen-bond acceptors (Lipinski definition) is 3. The van der Waals surface area contributed by atoms with Crippen LogP contribution >= 0.6 is 0 Å². The summed E-state index contributed by atoms with van der Waals surface area (Å²) in [4.78, 5) is 10.9. The fourth-order valence-corrected chi connectivity index (χ4v) is 1.73. The molecule has 1 aromatic rings. The quantitative estimate of drug-likeness (QED) is 0.751. The zero-order valence-corrected chi connectivity index (χ0v) is 9.84. The van der Waals surface area contributed by atoms with Crippen molar-refractivity contribution in [3.05, 3.63) is 48.0 Å². The van der Waals surface area contributed by atoms with Gasteiger partial charge in [0.05, 0.1) is 12.7 Å². The van der Waals surface area contributed by atoms with Gasteiger partial charge in [-0.05, 0) is 13.0 Å². The van der Waals surface area contributed by atoms with Crippen LogP contribution in [-0.2, 0) is 14.3 Å². The molecule has 1 saturated heterocycles. The van der Waals surface area contributed by atoms with Crippen molar-refractivity contribution >= 4 is 5.78 Å². The Hall–Kier alpha value is -1.45. The lowest BCUT2D eigenvalue weighted by Crippen LogP contribution is -2.25. The van der Waals surface area contributed by atoms with Gasteiger partial charge in [-0.15, -0.1) is 0 Å². The monoisotopic (exact) mass is 232 g/mol. The number of ether oxygens (including phenoxy) is 2. The third-order valence-corrected chi connectivity index (χ3v) is 2.59. The normalized spacial score (nSPS) is 25.0. The third-order valence-electron chi connectivity index (χ3n) is 2.59. The highest BCUT2D eigenvalue weighted by atomic mass is 16.7. The molecule has 0 aromatic heterocycles. The Morgan fingerprint density at radius 1 is 1.35 bits per heavy atom. The van der Waals surface area contributed by atoms with Crippen molar-refractivity contribution < 1.29 is 14.3 Å². The Morgan fingerprint density at radius 3 is 2.82 bits per heavy atom. The van der Waals surface area contributed by atoms with E-state index in [1.54, 1.807) is 12.2 Å². The van der Waals surface area contributed by atoms with Crippen LogP contribution in [0.1, 0.15) is 25.2 Å². The van der Waals surface area contributed by atoms with Gasteiger partial charge in [-0.3, -0.25) is 4.79 Å². The zero-order chi connectivity index (χ0) is 12.1. The molecule has 1 unspecified atom stereocenters. The number of rotatable bonds is 3. The van der Waals surface area contributed by atoms with Crippen LogP contribution in [0.5, 0.6) is 0 Å². The molecule has 0 amide bonds. The predicted molar refractivity (Wildman–Crippen MR) is 64.4 cm³/mol. The Balaban J connectivity index is 2.00. The molecule has 3 heteroatoms. The lowest BCUT2D eigenvalue weighted by Gasteiger charge is -2.28. The third kappa shape index (κ3) is 3.51. The smallest absolute Gasteiger partial charge is 0.184 e. The van der Waals surface area contributed by atoms with Crippen LogP contribution in [0.25, 0.3) is 0 Å². The van der Waals surface area contributed by atoms with Gasteiger partial charge in [-0.1, -0.05) is 36.4 Å². The van der Waals surface area contributed by atoms with E-state index in [4.69, 9.17) is 9.47 Å². The maximum Gasteiger partial charge on any atom is 0.184 e. The van der Waals surface area contributed by atoms with Crippen LogP contribution in [0.4, 0.5) is 0 Å². The minimum Gasteiger partial charge on any atom is -0.348 e. The van der Waals surface area contributed by atoms with E-state index in [-0.39, 0.29) is 18.2 Å². The fraction of sp³-hybridized carbons (Fsp3) is 0.357. The summed E-state index contributed by atoms with van der Waals surface area (Å²) in [6.45, 7) is 2.18. The van der Waals surface area contributed by atoms with Gasteiger partial charge in [0.15, 0.2) is 12.1 Å². The molecule has 1 aliphatic rings. The Morgan fingerprint density at radius 2 is 2.12 bits per heavy atom. The van der Waals surface area contributed by atoms with E-state index in [2.05, 4.69) is 0 Å². The molecule has 2 atom stereocenters. The van der Waals surface area contributed by atoms with Crippen LogP contribution < -0.4 is 0 Å². The van der Waals surface area contributed by atoms with Gasteiger partial charge in [0, 0.05) is 12.0 Å². The first-order valence-electron chi connectivity index (χ1n) is 5.76. The van der Waals surface area contributed by atoms with Crippen molar-refractivity contribution in [2.75, 3.05) is 6.61 Å². The molecule has 1 fully saturated rings. The first kappa shape index (κ1) is 12.0. The zero-order valence-electron chi connectivity index (χ0n) is 9.84. The van der Waals surface area contributed by atoms with Gasteiger partial charge < -0.3 is 9.47 Å². The second-order valence-corrected chi connectivity index (χ2v) is 4.05. The van der Waals surface area contributed by atoms with Crippen LogP contribution in [0.15, 0.2) is 42.5 Å². The summed E-state index contributed by atoms with van der Waals surface area (Å²) in [7, 11) is 0. The van der Waals surface area contributed by atoms with Crippen LogP contribution in [-0.4, -0.2) is 18.5 Å². The first-order chi connectivity index (χ1) is 8.25. The van der Waals surface area contributed by atoms with Crippen LogP contribution in [0.2, 0.25) is 0 Å². The van der Waals surface area contributed by atoms with E-state index in [1.165, 1.54) is 6.92 Å². The van der Waals surface area contributed by atoms with Crippen molar-refractivity contribution in [1.82, 2.24) is 0 Å². The van der Waals surface area contributed by atoms with E-state index in [1.807, 2.05) is 30.3 Å². The topological polar surface area (TPSA) is 35.5 Å². The first-order valence-corrected chi connectivity index (χ1v) is 5.76. The van der Waals surface area contributed by atoms with Crippen molar-refractivity contribution in [2.45, 2.75) is 25.7 Å². The Labute approximate surface area is 101 Å². The molecule has 0 aliphatic carbocycles. The highest BCUT2D eigenvalue weighted by Gasteiger charge is 2.22. The molecule has 0 bridgehead atoms. The number of carbonyl (C=O) groups is 1. The average Bonchev–Trinajstić information content (AvgIpc) is 2.38. The molecule has 3 nitrogen and oxygen atoms in total. The number of hydrogen-bond donors (Lipinski definition) is 0. The Bertz CT molecular complexity index is 397. The lowest BCUT2D eigenvalue weighted by molar-refractivity contribution is -0.204. The Kier molecular flexibility index (Phi) is 4.07. The summed E-state index contributed by atoms with van der Waals surface area (Å²) in [5, 5.41) is 0. The van der Waals surface area contributed by atoms with Crippen molar-refractivity contribution in [3.63, 3.8) is 0 Å². The van der Waals surface area contributed by atoms with Gasteiger partial charge in [-0.25, -0.2) is 0 Å². The molecule has 17 heavy (non-hydrogen) atoms. The number of benzene rings is 1.